The maximum Gasteiger partial charge on any atom is 0.407 e. The summed E-state index contributed by atoms with van der Waals surface area (Å²) in [5, 5.41) is 18.4. The minimum Gasteiger partial charge on any atom is -0.463 e. The normalized spacial score (nSPS) is 12.6. The Balaban J connectivity index is 0.00000180. The topological polar surface area (TPSA) is 158 Å². The van der Waals surface area contributed by atoms with Crippen LogP contribution in [-0.4, -0.2) is 53.0 Å². The van der Waals surface area contributed by atoms with Crippen molar-refractivity contribution in [2.45, 2.75) is 52.6 Å². The van der Waals surface area contributed by atoms with Gasteiger partial charge in [-0.2, -0.15) is 13.5 Å². The molecule has 1 unspecified atom stereocenters. The van der Waals surface area contributed by atoms with E-state index in [0.29, 0.717) is 17.0 Å². The highest BCUT2D eigenvalue weighted by Gasteiger charge is 2.29. The Morgan fingerprint density at radius 1 is 0.930 bits per heavy atom. The molecule has 3 heterocycles. The van der Waals surface area contributed by atoms with Crippen LogP contribution in [0.25, 0.3) is 44.2 Å². The fourth-order valence-corrected chi connectivity index (χ4v) is 7.53. The van der Waals surface area contributed by atoms with Crippen LogP contribution >= 0.6 is 13.5 Å². The molecule has 2 aliphatic rings. The average Bonchev–Trinajstić information content (AvgIpc) is 3.75. The molecule has 0 saturated heterocycles. The zero-order valence-corrected chi connectivity index (χ0v) is 32.8. The Hall–Kier alpha value is -6.02. The Bertz CT molecular complexity index is 2490. The van der Waals surface area contributed by atoms with Crippen LogP contribution in [0, 0.1) is 0 Å². The molecule has 1 aliphatic heterocycles. The zero-order chi connectivity index (χ0) is 39.3. The van der Waals surface area contributed by atoms with Crippen molar-refractivity contribution < 1.29 is 33.7 Å². The van der Waals surface area contributed by atoms with Crippen LogP contribution in [0.4, 0.5) is 4.79 Å². The van der Waals surface area contributed by atoms with Crippen LogP contribution in [0.3, 0.4) is 0 Å². The molecule has 4 aromatic carbocycles. The van der Waals surface area contributed by atoms with Gasteiger partial charge in [-0.1, -0.05) is 80.6 Å². The van der Waals surface area contributed by atoms with Gasteiger partial charge in [0.2, 0.25) is 5.91 Å². The summed E-state index contributed by atoms with van der Waals surface area (Å²) in [4.78, 5) is 54.2. The van der Waals surface area contributed by atoms with Gasteiger partial charge in [0.25, 0.3) is 12.0 Å². The van der Waals surface area contributed by atoms with Crippen LogP contribution in [0.2, 0.25) is 0 Å². The molecule has 0 saturated carbocycles. The van der Waals surface area contributed by atoms with Gasteiger partial charge in [-0.25, -0.2) is 9.78 Å². The summed E-state index contributed by atoms with van der Waals surface area (Å²) in [6, 6.07) is 29.8. The lowest BCUT2D eigenvalue weighted by atomic mass is 9.98. The van der Waals surface area contributed by atoms with E-state index in [1.54, 1.807) is 17.6 Å². The SMILES string of the molecule is CC.CC(O)c1cc2n(c(=O)c1COC=O)Cc1cc3c(ccc4ccc(COCNC(=O)CNC(=O)OCC5c6ccccc6-c6ccccc65)cc43)nc1-2.S. The number of aliphatic hydroxyl groups is 1. The standard InChI is InChI=1S/C42H36N4O8.C2H6.H2S/c1-24(48)32-16-38-40-27(18-46(38)41(50)36(32)20-53-23-47)15-34-33-14-25(10-11-26(33)12-13-37(34)45-40)19-52-22-44-39(49)17-43-42(51)54-21-35-30-8-4-2-6-28(30)29-7-3-5-9-31(29)35;1-2;/h2-16,23-24,35,48H,17-22H2,1H3,(H,43,51)(H,44,49);1-2H3;1H2. The van der Waals surface area contributed by atoms with Crippen LogP contribution in [-0.2, 0) is 43.6 Å². The third-order valence-electron chi connectivity index (χ3n) is 10.1. The first-order valence-corrected chi connectivity index (χ1v) is 18.6. The Labute approximate surface area is 336 Å². The van der Waals surface area contributed by atoms with E-state index >= 15 is 0 Å². The van der Waals surface area contributed by atoms with Crippen LogP contribution in [0.15, 0.2) is 95.8 Å². The van der Waals surface area contributed by atoms with Crippen molar-refractivity contribution in [3.63, 3.8) is 0 Å². The second-order valence-electron chi connectivity index (χ2n) is 13.4. The number of aromatic nitrogens is 2. The maximum absolute atomic E-state index is 13.4. The molecule has 6 aromatic rings. The van der Waals surface area contributed by atoms with Gasteiger partial charge >= 0.3 is 6.09 Å². The molecule has 8 rings (SSSR count). The fraction of sp³-hybridized carbons (Fsp3) is 0.250. The fourth-order valence-electron chi connectivity index (χ4n) is 7.53. The van der Waals surface area contributed by atoms with Gasteiger partial charge in [0.1, 0.15) is 26.5 Å². The van der Waals surface area contributed by atoms with Crippen molar-refractivity contribution in [3.05, 3.63) is 135 Å². The molecule has 12 nitrogen and oxygen atoms in total. The lowest BCUT2D eigenvalue weighted by Crippen LogP contribution is -2.38. The number of rotatable bonds is 12. The van der Waals surface area contributed by atoms with Crippen molar-refractivity contribution in [1.29, 1.82) is 0 Å². The molecule has 3 N–H and O–H groups in total. The van der Waals surface area contributed by atoms with Crippen molar-refractivity contribution in [3.8, 4) is 22.5 Å². The molecule has 1 atom stereocenters. The molecule has 1 aliphatic carbocycles. The molecule has 0 fully saturated rings. The monoisotopic (exact) mass is 788 g/mol. The number of nitrogens with one attached hydrogen (secondary N) is 2. The number of hydrogen-bond acceptors (Lipinski definition) is 9. The highest BCUT2D eigenvalue weighted by atomic mass is 32.1. The zero-order valence-electron chi connectivity index (χ0n) is 31.8. The minimum atomic E-state index is -0.942. The Kier molecular flexibility index (Phi) is 12.7. The van der Waals surface area contributed by atoms with Gasteiger partial charge in [0, 0.05) is 16.9 Å². The first kappa shape index (κ1) is 40.6. The molecule has 57 heavy (non-hydrogen) atoms. The predicted octanol–water partition coefficient (Wildman–Crippen LogP) is 6.57. The number of pyridine rings is 2. The lowest BCUT2D eigenvalue weighted by molar-refractivity contribution is -0.130. The molecule has 0 bridgehead atoms. The van der Waals surface area contributed by atoms with Gasteiger partial charge < -0.3 is 34.5 Å². The number of carbonyl (C=O) groups excluding carboxylic acids is 3. The van der Waals surface area contributed by atoms with Crippen LogP contribution in [0.1, 0.15) is 66.2 Å². The van der Waals surface area contributed by atoms with Crippen LogP contribution < -0.4 is 16.2 Å². The van der Waals surface area contributed by atoms with E-state index in [1.807, 2.05) is 86.6 Å². The summed E-state index contributed by atoms with van der Waals surface area (Å²) in [5.74, 6) is -0.495. The van der Waals surface area contributed by atoms with Crippen molar-refractivity contribution in [1.82, 2.24) is 20.2 Å². The highest BCUT2D eigenvalue weighted by molar-refractivity contribution is 7.59. The molecular formula is C44H44N4O8S. The van der Waals surface area contributed by atoms with E-state index < -0.39 is 18.1 Å². The Morgan fingerprint density at radius 3 is 2.33 bits per heavy atom. The first-order valence-electron chi connectivity index (χ1n) is 18.6. The summed E-state index contributed by atoms with van der Waals surface area (Å²) in [6.07, 6.45) is -1.62. The molecule has 0 radical (unpaired) electrons. The number of fused-ring (bicyclic) bond motifs is 9. The molecule has 294 valence electrons. The smallest absolute Gasteiger partial charge is 0.407 e. The van der Waals surface area contributed by atoms with E-state index in [4.69, 9.17) is 19.2 Å². The summed E-state index contributed by atoms with van der Waals surface area (Å²) in [6.45, 7) is 5.96. The summed E-state index contributed by atoms with van der Waals surface area (Å²) < 4.78 is 17.7. The van der Waals surface area contributed by atoms with E-state index in [1.165, 1.54) is 0 Å². The largest absolute Gasteiger partial charge is 0.463 e. The molecular weight excluding hydrogens is 745 g/mol. The molecule has 2 amide bonds. The number of benzene rings is 4. The van der Waals surface area contributed by atoms with Crippen molar-refractivity contribution >= 4 is 53.6 Å². The van der Waals surface area contributed by atoms with E-state index in [9.17, 15) is 24.3 Å². The van der Waals surface area contributed by atoms with Crippen molar-refractivity contribution in [2.24, 2.45) is 0 Å². The number of amides is 2. The van der Waals surface area contributed by atoms with Gasteiger partial charge in [-0.05, 0) is 75.3 Å². The summed E-state index contributed by atoms with van der Waals surface area (Å²) in [5.41, 5.74) is 8.51. The number of aliphatic hydroxyl groups excluding tert-OH is 1. The lowest BCUT2D eigenvalue weighted by Gasteiger charge is -2.14. The van der Waals surface area contributed by atoms with Gasteiger partial charge in [-0.15, -0.1) is 0 Å². The first-order chi connectivity index (χ1) is 27.3. The third kappa shape index (κ3) is 8.13. The highest BCUT2D eigenvalue weighted by Crippen LogP contribution is 2.44. The van der Waals surface area contributed by atoms with Gasteiger partial charge in [0.15, 0.2) is 0 Å². The number of alkyl carbamates (subject to hydrolysis) is 1. The predicted molar refractivity (Wildman–Crippen MR) is 222 cm³/mol. The maximum atomic E-state index is 13.4. The second kappa shape index (κ2) is 17.8. The van der Waals surface area contributed by atoms with Gasteiger partial charge in [0.05, 0.1) is 41.7 Å². The molecule has 13 heteroatoms. The Morgan fingerprint density at radius 2 is 1.63 bits per heavy atom. The molecule has 0 spiro atoms. The number of ether oxygens (including phenoxy) is 3. The number of carbonyl (C=O) groups is 3. The minimum absolute atomic E-state index is 0. The van der Waals surface area contributed by atoms with E-state index in [0.717, 1.165) is 55.1 Å². The summed E-state index contributed by atoms with van der Waals surface area (Å²) in [7, 11) is 0. The second-order valence-corrected chi connectivity index (χ2v) is 13.4. The van der Waals surface area contributed by atoms with E-state index in [-0.39, 0.29) is 76.6 Å². The van der Waals surface area contributed by atoms with E-state index in [2.05, 4.69) is 22.8 Å². The van der Waals surface area contributed by atoms with Crippen molar-refractivity contribution in [2.75, 3.05) is 19.9 Å². The third-order valence-corrected chi connectivity index (χ3v) is 10.1. The van der Waals surface area contributed by atoms with Crippen LogP contribution in [0.5, 0.6) is 0 Å². The quantitative estimate of drug-likeness (QED) is 0.0539. The molecule has 2 aromatic heterocycles. The number of nitrogens with zero attached hydrogens (tertiary/aromatic N) is 2. The number of hydrogen-bond donors (Lipinski definition) is 3. The van der Waals surface area contributed by atoms with Gasteiger partial charge in [-0.3, -0.25) is 14.4 Å². The average molecular weight is 789 g/mol. The summed E-state index contributed by atoms with van der Waals surface area (Å²) >= 11 is 0.